The second kappa shape index (κ2) is 15.7. The van der Waals surface area contributed by atoms with E-state index >= 15 is 0 Å². The minimum absolute atomic E-state index is 0. The maximum absolute atomic E-state index is 5.44. The summed E-state index contributed by atoms with van der Waals surface area (Å²) in [5.74, 6) is 0.903. The van der Waals surface area contributed by atoms with Crippen LogP contribution in [0.4, 0.5) is 5.69 Å². The Morgan fingerprint density at radius 3 is 2.40 bits per heavy atom. The summed E-state index contributed by atoms with van der Waals surface area (Å²) < 4.78 is 5.44. The molecule has 0 amide bonds. The summed E-state index contributed by atoms with van der Waals surface area (Å²) in [5.41, 5.74) is 2.50. The highest BCUT2D eigenvalue weighted by molar-refractivity contribution is 14.0. The highest BCUT2D eigenvalue weighted by Crippen LogP contribution is 2.17. The van der Waals surface area contributed by atoms with E-state index in [-0.39, 0.29) is 24.0 Å². The number of hydrogen-bond acceptors (Lipinski definition) is 4. The first-order valence-electron chi connectivity index (χ1n) is 11.3. The number of rotatable bonds is 11. The lowest BCUT2D eigenvalue weighted by atomic mass is 10.1. The number of benzene rings is 1. The number of morpholine rings is 1. The highest BCUT2D eigenvalue weighted by Gasteiger charge is 2.11. The van der Waals surface area contributed by atoms with Crippen molar-refractivity contribution in [1.82, 2.24) is 15.5 Å². The Morgan fingerprint density at radius 1 is 1.13 bits per heavy atom. The van der Waals surface area contributed by atoms with Gasteiger partial charge in [-0.05, 0) is 64.0 Å². The molecule has 1 aliphatic heterocycles. The van der Waals surface area contributed by atoms with Crippen LogP contribution in [0.15, 0.2) is 29.3 Å². The van der Waals surface area contributed by atoms with E-state index in [0.29, 0.717) is 12.6 Å². The van der Waals surface area contributed by atoms with Crippen molar-refractivity contribution in [3.8, 4) is 0 Å². The van der Waals surface area contributed by atoms with E-state index in [1.165, 1.54) is 24.2 Å². The second-order valence-electron chi connectivity index (χ2n) is 7.68. The largest absolute Gasteiger partial charge is 0.378 e. The van der Waals surface area contributed by atoms with Crippen LogP contribution in [-0.2, 0) is 11.3 Å². The van der Waals surface area contributed by atoms with Gasteiger partial charge in [-0.15, -0.1) is 24.0 Å². The fourth-order valence-electron chi connectivity index (χ4n) is 3.59. The van der Waals surface area contributed by atoms with Crippen molar-refractivity contribution in [2.24, 2.45) is 4.99 Å². The standard InChI is InChI=1S/C23H41N5O.HI/c1-5-24-23(26-20(4)9-8-14-27(6-2)7-3)25-19-21-10-12-22(13-11-21)28-15-17-29-18-16-28;/h10-13,20H,5-9,14-19H2,1-4H3,(H2,24,25,26);1H. The summed E-state index contributed by atoms with van der Waals surface area (Å²) in [5, 5.41) is 6.93. The van der Waals surface area contributed by atoms with Crippen molar-refractivity contribution in [2.75, 3.05) is 57.4 Å². The zero-order chi connectivity index (χ0) is 20.9. The van der Waals surface area contributed by atoms with Crippen molar-refractivity contribution in [1.29, 1.82) is 0 Å². The summed E-state index contributed by atoms with van der Waals surface area (Å²) in [6, 6.07) is 9.18. The lowest BCUT2D eigenvalue weighted by molar-refractivity contribution is 0.122. The lowest BCUT2D eigenvalue weighted by Crippen LogP contribution is -2.42. The second-order valence-corrected chi connectivity index (χ2v) is 7.68. The first kappa shape index (κ1) is 27.0. The number of anilines is 1. The molecule has 2 rings (SSSR count). The molecule has 0 bridgehead atoms. The SMILES string of the molecule is CCNC(=NCc1ccc(N2CCOCC2)cc1)NC(C)CCCN(CC)CC.I. The highest BCUT2D eigenvalue weighted by atomic mass is 127. The zero-order valence-corrected chi connectivity index (χ0v) is 21.7. The lowest BCUT2D eigenvalue weighted by Gasteiger charge is -2.28. The van der Waals surface area contributed by atoms with Gasteiger partial charge in [0.1, 0.15) is 0 Å². The van der Waals surface area contributed by atoms with Gasteiger partial charge in [-0.25, -0.2) is 4.99 Å². The molecule has 0 aliphatic carbocycles. The molecule has 0 radical (unpaired) electrons. The van der Waals surface area contributed by atoms with Crippen LogP contribution in [0.1, 0.15) is 46.1 Å². The van der Waals surface area contributed by atoms with Crippen LogP contribution in [0, 0.1) is 0 Å². The summed E-state index contributed by atoms with van der Waals surface area (Å²) in [6.07, 6.45) is 2.35. The van der Waals surface area contributed by atoms with Gasteiger partial charge >= 0.3 is 0 Å². The Bertz CT molecular complexity index is 586. The van der Waals surface area contributed by atoms with Crippen LogP contribution in [0.2, 0.25) is 0 Å². The minimum atomic E-state index is 0. The monoisotopic (exact) mass is 531 g/mol. The van der Waals surface area contributed by atoms with E-state index in [2.05, 4.69) is 72.4 Å². The molecule has 7 heteroatoms. The van der Waals surface area contributed by atoms with E-state index < -0.39 is 0 Å². The predicted octanol–water partition coefficient (Wildman–Crippen LogP) is 3.71. The number of ether oxygens (including phenoxy) is 1. The Labute approximate surface area is 200 Å². The van der Waals surface area contributed by atoms with Crippen LogP contribution in [0.5, 0.6) is 0 Å². The number of hydrogen-bond donors (Lipinski definition) is 2. The van der Waals surface area contributed by atoms with Crippen LogP contribution in [0.25, 0.3) is 0 Å². The fraction of sp³-hybridized carbons (Fsp3) is 0.696. The number of nitrogens with one attached hydrogen (secondary N) is 2. The van der Waals surface area contributed by atoms with Gasteiger partial charge in [-0.1, -0.05) is 26.0 Å². The van der Waals surface area contributed by atoms with Crippen molar-refractivity contribution in [3.63, 3.8) is 0 Å². The molecule has 6 nitrogen and oxygen atoms in total. The predicted molar refractivity (Wildman–Crippen MR) is 139 cm³/mol. The maximum Gasteiger partial charge on any atom is 0.191 e. The summed E-state index contributed by atoms with van der Waals surface area (Å²) in [6.45, 7) is 17.4. The van der Waals surface area contributed by atoms with E-state index in [9.17, 15) is 0 Å². The quantitative estimate of drug-likeness (QED) is 0.259. The third-order valence-electron chi connectivity index (χ3n) is 5.47. The third kappa shape index (κ3) is 9.83. The maximum atomic E-state index is 5.44. The molecule has 0 saturated carbocycles. The van der Waals surface area contributed by atoms with Crippen LogP contribution >= 0.6 is 24.0 Å². The Kier molecular flexibility index (Phi) is 14.1. The molecule has 1 saturated heterocycles. The van der Waals surface area contributed by atoms with Crippen molar-refractivity contribution in [3.05, 3.63) is 29.8 Å². The molecule has 1 atom stereocenters. The number of nitrogens with zero attached hydrogens (tertiary/aromatic N) is 3. The van der Waals surface area contributed by atoms with Gasteiger partial charge in [-0.2, -0.15) is 0 Å². The molecule has 1 aliphatic rings. The number of aliphatic imine (C=N–C) groups is 1. The van der Waals surface area contributed by atoms with Crippen molar-refractivity contribution in [2.45, 2.75) is 53.1 Å². The average Bonchev–Trinajstić information content (AvgIpc) is 2.76. The summed E-state index contributed by atoms with van der Waals surface area (Å²) in [7, 11) is 0. The normalized spacial score (nSPS) is 15.6. The molecule has 0 aromatic heterocycles. The van der Waals surface area contributed by atoms with Gasteiger partial charge in [0.05, 0.1) is 19.8 Å². The topological polar surface area (TPSA) is 52.1 Å². The van der Waals surface area contributed by atoms with Crippen LogP contribution in [-0.4, -0.2) is 69.4 Å². The van der Waals surface area contributed by atoms with E-state index in [4.69, 9.17) is 9.73 Å². The molecule has 2 N–H and O–H groups in total. The molecule has 1 aromatic carbocycles. The van der Waals surface area contributed by atoms with Gasteiger partial charge in [0.15, 0.2) is 5.96 Å². The van der Waals surface area contributed by atoms with E-state index in [0.717, 1.165) is 58.3 Å². The van der Waals surface area contributed by atoms with Gasteiger partial charge in [0.25, 0.3) is 0 Å². The first-order valence-corrected chi connectivity index (χ1v) is 11.3. The molecule has 1 aromatic rings. The van der Waals surface area contributed by atoms with Crippen LogP contribution in [0.3, 0.4) is 0 Å². The molecule has 0 spiro atoms. The number of halogens is 1. The van der Waals surface area contributed by atoms with Crippen LogP contribution < -0.4 is 15.5 Å². The Morgan fingerprint density at radius 2 is 1.80 bits per heavy atom. The van der Waals surface area contributed by atoms with Gasteiger partial charge in [-0.3, -0.25) is 0 Å². The summed E-state index contributed by atoms with van der Waals surface area (Å²) in [4.78, 5) is 9.65. The molecule has 1 fully saturated rings. The van der Waals surface area contributed by atoms with Crippen molar-refractivity contribution >= 4 is 35.6 Å². The minimum Gasteiger partial charge on any atom is -0.378 e. The molecule has 30 heavy (non-hydrogen) atoms. The van der Waals surface area contributed by atoms with Crippen molar-refractivity contribution < 1.29 is 4.74 Å². The summed E-state index contributed by atoms with van der Waals surface area (Å²) >= 11 is 0. The molecular weight excluding hydrogens is 489 g/mol. The molecule has 172 valence electrons. The van der Waals surface area contributed by atoms with E-state index in [1.54, 1.807) is 0 Å². The third-order valence-corrected chi connectivity index (χ3v) is 5.47. The number of guanidine groups is 1. The molecular formula is C23H42IN5O. The first-order chi connectivity index (χ1) is 14.2. The Hall–Kier alpha value is -1.06. The van der Waals surface area contributed by atoms with Gasteiger partial charge in [0.2, 0.25) is 0 Å². The van der Waals surface area contributed by atoms with Gasteiger partial charge < -0.3 is 25.2 Å². The molecule has 1 unspecified atom stereocenters. The van der Waals surface area contributed by atoms with Gasteiger partial charge in [0, 0.05) is 31.4 Å². The Balaban J connectivity index is 0.00000450. The fourth-order valence-corrected chi connectivity index (χ4v) is 3.59. The molecule has 1 heterocycles. The zero-order valence-electron chi connectivity index (χ0n) is 19.3. The average molecular weight is 532 g/mol. The smallest absolute Gasteiger partial charge is 0.191 e. The van der Waals surface area contributed by atoms with E-state index in [1.807, 2.05) is 0 Å².